The fourth-order valence-corrected chi connectivity index (χ4v) is 7.27. The summed E-state index contributed by atoms with van der Waals surface area (Å²) in [6.07, 6.45) is 17.2. The monoisotopic (exact) mass is 584 g/mol. The topological polar surface area (TPSA) is 60.7 Å². The van der Waals surface area contributed by atoms with E-state index in [1.165, 1.54) is 17.8 Å². The quantitative estimate of drug-likeness (QED) is 0.138. The van der Waals surface area contributed by atoms with Gasteiger partial charge in [0.2, 0.25) is 0 Å². The van der Waals surface area contributed by atoms with Crippen molar-refractivity contribution in [3.8, 4) is 0 Å². The SMILES string of the molecule is C=C/C(=C\CS/C(=C/C=C\C)C(C)(C)O)C(C1=CC(C)(O)C(O)(C=C)C(C)SC(C)=C1)c1ccc(SC)cc1. The second kappa shape index (κ2) is 14.3. The summed E-state index contributed by atoms with van der Waals surface area (Å²) in [5.74, 6) is 0.400. The number of hydrogen-bond acceptors (Lipinski definition) is 6. The van der Waals surface area contributed by atoms with Gasteiger partial charge in [-0.2, -0.15) is 0 Å². The molecule has 1 aromatic rings. The highest BCUT2D eigenvalue weighted by molar-refractivity contribution is 8.03. The third kappa shape index (κ3) is 8.42. The zero-order valence-electron chi connectivity index (χ0n) is 24.3. The summed E-state index contributed by atoms with van der Waals surface area (Å²) in [6, 6.07) is 8.43. The minimum absolute atomic E-state index is 0.228. The van der Waals surface area contributed by atoms with E-state index in [0.717, 1.165) is 31.4 Å². The molecule has 0 spiro atoms. The predicted octanol–water partition coefficient (Wildman–Crippen LogP) is 8.20. The first-order valence-corrected chi connectivity index (χ1v) is 16.1. The van der Waals surface area contributed by atoms with E-state index >= 15 is 0 Å². The minimum atomic E-state index is -1.56. The van der Waals surface area contributed by atoms with Crippen molar-refractivity contribution in [2.24, 2.45) is 0 Å². The Labute approximate surface area is 248 Å². The Kier molecular flexibility index (Phi) is 12.3. The second-order valence-electron chi connectivity index (χ2n) is 10.4. The molecule has 39 heavy (non-hydrogen) atoms. The fraction of sp³-hybridized carbons (Fsp3) is 0.394. The highest BCUT2D eigenvalue weighted by Crippen LogP contribution is 2.45. The molecule has 2 rings (SSSR count). The van der Waals surface area contributed by atoms with Crippen LogP contribution in [-0.4, -0.2) is 49.4 Å². The highest BCUT2D eigenvalue weighted by Gasteiger charge is 2.48. The molecular weight excluding hydrogens is 541 g/mol. The normalized spacial score (nSPS) is 25.9. The van der Waals surface area contributed by atoms with Crippen LogP contribution >= 0.6 is 35.3 Å². The Hall–Kier alpha value is -1.67. The summed E-state index contributed by atoms with van der Waals surface area (Å²) in [6.45, 7) is 19.1. The van der Waals surface area contributed by atoms with E-state index in [-0.39, 0.29) is 11.2 Å². The Morgan fingerprint density at radius 1 is 1.21 bits per heavy atom. The van der Waals surface area contributed by atoms with Crippen LogP contribution in [0.2, 0.25) is 0 Å². The molecule has 0 bridgehead atoms. The number of aliphatic hydroxyl groups is 3. The van der Waals surface area contributed by atoms with Crippen LogP contribution < -0.4 is 0 Å². The molecular formula is C33H44O3S3. The van der Waals surface area contributed by atoms with Crippen LogP contribution in [-0.2, 0) is 0 Å². The lowest BCUT2D eigenvalue weighted by Crippen LogP contribution is -2.56. The van der Waals surface area contributed by atoms with Crippen molar-refractivity contribution in [2.45, 2.75) is 74.4 Å². The van der Waals surface area contributed by atoms with Gasteiger partial charge < -0.3 is 15.3 Å². The van der Waals surface area contributed by atoms with Gasteiger partial charge in [0.25, 0.3) is 0 Å². The lowest BCUT2D eigenvalue weighted by atomic mass is 9.76. The molecule has 3 N–H and O–H groups in total. The van der Waals surface area contributed by atoms with Gasteiger partial charge in [-0.15, -0.1) is 41.9 Å². The molecule has 1 aliphatic rings. The van der Waals surface area contributed by atoms with Gasteiger partial charge in [0.1, 0.15) is 11.2 Å². The molecule has 0 radical (unpaired) electrons. The van der Waals surface area contributed by atoms with E-state index in [1.54, 1.807) is 50.4 Å². The van der Waals surface area contributed by atoms with Crippen LogP contribution in [0.15, 0.2) is 112 Å². The van der Waals surface area contributed by atoms with E-state index in [0.29, 0.717) is 5.75 Å². The first kappa shape index (κ1) is 33.5. The molecule has 1 aliphatic heterocycles. The van der Waals surface area contributed by atoms with E-state index in [1.807, 2.05) is 45.1 Å². The average Bonchev–Trinajstić information content (AvgIpc) is 2.87. The number of rotatable bonds is 11. The van der Waals surface area contributed by atoms with Crippen molar-refractivity contribution >= 4 is 35.3 Å². The third-order valence-corrected chi connectivity index (χ3v) is 10.1. The Morgan fingerprint density at radius 3 is 2.36 bits per heavy atom. The summed E-state index contributed by atoms with van der Waals surface area (Å²) in [5, 5.41) is 33.6. The van der Waals surface area contributed by atoms with Crippen LogP contribution in [0.1, 0.15) is 53.0 Å². The molecule has 6 heteroatoms. The smallest absolute Gasteiger partial charge is 0.126 e. The summed E-state index contributed by atoms with van der Waals surface area (Å²) >= 11 is 4.79. The molecule has 212 valence electrons. The number of benzene rings is 1. The molecule has 0 fully saturated rings. The lowest BCUT2D eigenvalue weighted by Gasteiger charge is -2.43. The molecule has 1 aromatic carbocycles. The summed E-state index contributed by atoms with van der Waals surface area (Å²) < 4.78 is 0. The zero-order valence-corrected chi connectivity index (χ0v) is 26.7. The standard InChI is InChI=1S/C33H44O3S3/c1-10-13-14-29(31(6,7)34)38-20-19-25(11-2)30(26-15-17-28(37-9)18-16-26)27-21-23(4)39-24(5)33(36,12-3)32(8,35)22-27/h10-19,21-22,24,30,34-36H,2-3,20H2,1,4-9H3/b13-10-,23-21?,25-19+,27-22?,29-14+. The van der Waals surface area contributed by atoms with Crippen LogP contribution in [0, 0.1) is 0 Å². The van der Waals surface area contributed by atoms with E-state index in [2.05, 4.69) is 55.8 Å². The Bertz CT molecular complexity index is 1160. The molecule has 4 unspecified atom stereocenters. The van der Waals surface area contributed by atoms with Gasteiger partial charge in [0.15, 0.2) is 0 Å². The van der Waals surface area contributed by atoms with Crippen LogP contribution in [0.25, 0.3) is 0 Å². The van der Waals surface area contributed by atoms with Gasteiger partial charge in [-0.05, 0) is 93.7 Å². The van der Waals surface area contributed by atoms with Crippen molar-refractivity contribution in [1.29, 1.82) is 0 Å². The van der Waals surface area contributed by atoms with Gasteiger partial charge in [-0.1, -0.05) is 55.2 Å². The van der Waals surface area contributed by atoms with E-state index in [9.17, 15) is 15.3 Å². The van der Waals surface area contributed by atoms with Gasteiger partial charge >= 0.3 is 0 Å². The molecule has 1 heterocycles. The van der Waals surface area contributed by atoms with Crippen molar-refractivity contribution in [3.63, 3.8) is 0 Å². The lowest BCUT2D eigenvalue weighted by molar-refractivity contribution is -0.0788. The maximum Gasteiger partial charge on any atom is 0.126 e. The molecule has 3 nitrogen and oxygen atoms in total. The van der Waals surface area contributed by atoms with Gasteiger partial charge in [-0.25, -0.2) is 0 Å². The molecule has 0 aromatic heterocycles. The second-order valence-corrected chi connectivity index (χ2v) is 13.9. The zero-order chi connectivity index (χ0) is 29.4. The number of allylic oxidation sites excluding steroid dienone is 8. The number of hydrogen-bond donors (Lipinski definition) is 3. The maximum atomic E-state index is 11.6. The maximum absolute atomic E-state index is 11.6. The summed E-state index contributed by atoms with van der Waals surface area (Å²) in [7, 11) is 0. The summed E-state index contributed by atoms with van der Waals surface area (Å²) in [4.78, 5) is 3.06. The third-order valence-electron chi connectivity index (χ3n) is 6.87. The molecule has 0 saturated heterocycles. The first-order valence-electron chi connectivity index (χ1n) is 13.0. The minimum Gasteiger partial charge on any atom is -0.385 e. The van der Waals surface area contributed by atoms with Gasteiger partial charge in [0.05, 0.1) is 5.60 Å². The van der Waals surface area contributed by atoms with Crippen LogP contribution in [0.3, 0.4) is 0 Å². The van der Waals surface area contributed by atoms with Crippen molar-refractivity contribution < 1.29 is 15.3 Å². The molecule has 4 atom stereocenters. The largest absolute Gasteiger partial charge is 0.385 e. The van der Waals surface area contributed by atoms with Gasteiger partial charge in [0, 0.05) is 26.7 Å². The predicted molar refractivity (Wildman–Crippen MR) is 176 cm³/mol. The Morgan fingerprint density at radius 2 is 1.85 bits per heavy atom. The molecule has 0 aliphatic carbocycles. The number of thioether (sulfide) groups is 3. The van der Waals surface area contributed by atoms with Gasteiger partial charge in [-0.3, -0.25) is 0 Å². The van der Waals surface area contributed by atoms with Crippen LogP contribution in [0.5, 0.6) is 0 Å². The summed E-state index contributed by atoms with van der Waals surface area (Å²) in [5.41, 5.74) is -1.13. The van der Waals surface area contributed by atoms with Crippen LogP contribution in [0.4, 0.5) is 0 Å². The fourth-order valence-electron chi connectivity index (χ4n) is 4.60. The van der Waals surface area contributed by atoms with Crippen molar-refractivity contribution in [3.05, 3.63) is 113 Å². The van der Waals surface area contributed by atoms with Crippen molar-refractivity contribution in [2.75, 3.05) is 12.0 Å². The first-order chi connectivity index (χ1) is 18.2. The average molecular weight is 585 g/mol. The van der Waals surface area contributed by atoms with E-state index < -0.39 is 16.8 Å². The molecule has 0 saturated carbocycles. The van der Waals surface area contributed by atoms with E-state index in [4.69, 9.17) is 0 Å². The highest BCUT2D eigenvalue weighted by atomic mass is 32.2. The molecule has 0 amide bonds. The van der Waals surface area contributed by atoms with Crippen molar-refractivity contribution in [1.82, 2.24) is 0 Å². The Balaban J connectivity index is 2.70.